The minimum Gasteiger partial charge on any atom is -0.355 e. The number of hydrogen-bond acceptors (Lipinski definition) is 1. The third-order valence-electron chi connectivity index (χ3n) is 3.38. The second-order valence-electron chi connectivity index (χ2n) is 5.90. The van der Waals surface area contributed by atoms with Crippen LogP contribution in [0.1, 0.15) is 40.0 Å². The summed E-state index contributed by atoms with van der Waals surface area (Å²) in [7, 11) is 0. The third kappa shape index (κ3) is 1.59. The molecule has 2 fully saturated rings. The van der Waals surface area contributed by atoms with Crippen molar-refractivity contribution in [2.75, 3.05) is 6.54 Å². The van der Waals surface area contributed by atoms with Crippen LogP contribution in [0, 0.1) is 16.7 Å². The van der Waals surface area contributed by atoms with Crippen LogP contribution in [-0.2, 0) is 4.79 Å². The van der Waals surface area contributed by atoms with E-state index in [1.807, 2.05) is 0 Å². The number of rotatable bonds is 1. The van der Waals surface area contributed by atoms with Crippen LogP contribution in [0.2, 0.25) is 0 Å². The van der Waals surface area contributed by atoms with Gasteiger partial charge in [-0.25, -0.2) is 0 Å². The Kier molecular flexibility index (Phi) is 1.73. The summed E-state index contributed by atoms with van der Waals surface area (Å²) in [5.74, 6) is 0.597. The van der Waals surface area contributed by atoms with Crippen molar-refractivity contribution in [1.82, 2.24) is 5.32 Å². The Morgan fingerprint density at radius 1 is 1.46 bits per heavy atom. The molecule has 0 radical (unpaired) electrons. The Morgan fingerprint density at radius 3 is 2.54 bits per heavy atom. The zero-order valence-corrected chi connectivity index (χ0v) is 8.81. The summed E-state index contributed by atoms with van der Waals surface area (Å²) in [4.78, 5) is 11.6. The molecule has 1 unspecified atom stereocenters. The summed E-state index contributed by atoms with van der Waals surface area (Å²) in [5.41, 5.74) is 0.659. The van der Waals surface area contributed by atoms with E-state index in [-0.39, 0.29) is 5.41 Å². The van der Waals surface area contributed by atoms with Gasteiger partial charge in [-0.1, -0.05) is 20.8 Å². The molecule has 1 heterocycles. The third-order valence-corrected chi connectivity index (χ3v) is 3.38. The van der Waals surface area contributed by atoms with Crippen molar-refractivity contribution in [3.05, 3.63) is 0 Å². The van der Waals surface area contributed by atoms with E-state index in [2.05, 4.69) is 26.1 Å². The van der Waals surface area contributed by atoms with Gasteiger partial charge in [0.2, 0.25) is 5.91 Å². The molecule has 0 aromatic rings. The first-order valence-electron chi connectivity index (χ1n) is 5.21. The Balaban J connectivity index is 2.08. The first-order valence-corrected chi connectivity index (χ1v) is 5.21. The summed E-state index contributed by atoms with van der Waals surface area (Å²) < 4.78 is 0. The molecule has 1 aliphatic heterocycles. The van der Waals surface area contributed by atoms with Crippen molar-refractivity contribution in [1.29, 1.82) is 0 Å². The maximum absolute atomic E-state index is 11.6. The molecule has 0 bridgehead atoms. The predicted octanol–water partition coefficient (Wildman–Crippen LogP) is 1.95. The van der Waals surface area contributed by atoms with Gasteiger partial charge in [-0.3, -0.25) is 4.79 Å². The maximum Gasteiger partial charge on any atom is 0.223 e. The smallest absolute Gasteiger partial charge is 0.223 e. The second-order valence-corrected chi connectivity index (χ2v) is 5.90. The monoisotopic (exact) mass is 181 g/mol. The van der Waals surface area contributed by atoms with Crippen LogP contribution in [0.4, 0.5) is 0 Å². The minimum atomic E-state index is 0.280. The highest BCUT2D eigenvalue weighted by atomic mass is 16.2. The fraction of sp³-hybridized carbons (Fsp3) is 0.909. The molecule has 1 saturated heterocycles. The highest BCUT2D eigenvalue weighted by molar-refractivity contribution is 5.82. The molecular weight excluding hydrogens is 162 g/mol. The Labute approximate surface area is 80.1 Å². The van der Waals surface area contributed by atoms with Crippen LogP contribution < -0.4 is 5.32 Å². The van der Waals surface area contributed by atoms with Gasteiger partial charge in [0.05, 0.1) is 0 Å². The average Bonchev–Trinajstić information content (AvgIpc) is 2.69. The topological polar surface area (TPSA) is 29.1 Å². The van der Waals surface area contributed by atoms with Crippen LogP contribution >= 0.6 is 0 Å². The summed E-state index contributed by atoms with van der Waals surface area (Å²) in [6.07, 6.45) is 3.55. The fourth-order valence-electron chi connectivity index (χ4n) is 2.40. The van der Waals surface area contributed by atoms with Crippen LogP contribution in [0.15, 0.2) is 0 Å². The van der Waals surface area contributed by atoms with Gasteiger partial charge in [0.25, 0.3) is 0 Å². The van der Waals surface area contributed by atoms with Crippen LogP contribution in [0.3, 0.4) is 0 Å². The van der Waals surface area contributed by atoms with Crippen molar-refractivity contribution >= 4 is 5.91 Å². The van der Waals surface area contributed by atoms with Crippen LogP contribution in [0.25, 0.3) is 0 Å². The number of nitrogens with one attached hydrogen (secondary N) is 1. The molecule has 13 heavy (non-hydrogen) atoms. The van der Waals surface area contributed by atoms with E-state index in [4.69, 9.17) is 0 Å². The summed E-state index contributed by atoms with van der Waals surface area (Å²) in [6, 6.07) is 0. The molecule has 2 nitrogen and oxygen atoms in total. The Morgan fingerprint density at radius 2 is 2.08 bits per heavy atom. The Hall–Kier alpha value is -0.530. The number of amides is 1. The molecule has 2 aliphatic rings. The van der Waals surface area contributed by atoms with Crippen molar-refractivity contribution in [2.45, 2.75) is 40.0 Å². The molecule has 2 rings (SSSR count). The van der Waals surface area contributed by atoms with Crippen molar-refractivity contribution < 1.29 is 4.79 Å². The zero-order chi connectivity index (χ0) is 9.69. The minimum absolute atomic E-state index is 0.280. The van der Waals surface area contributed by atoms with E-state index in [1.165, 1.54) is 12.8 Å². The lowest BCUT2D eigenvalue weighted by molar-refractivity contribution is -0.124. The molecular formula is C11H19NO. The highest BCUT2D eigenvalue weighted by Gasteiger charge is 2.56. The van der Waals surface area contributed by atoms with Gasteiger partial charge < -0.3 is 5.32 Å². The largest absolute Gasteiger partial charge is 0.355 e. The van der Waals surface area contributed by atoms with Crippen LogP contribution in [0.5, 0.6) is 0 Å². The van der Waals surface area contributed by atoms with Gasteiger partial charge in [0.1, 0.15) is 0 Å². The van der Waals surface area contributed by atoms with E-state index in [0.29, 0.717) is 17.2 Å². The summed E-state index contributed by atoms with van der Waals surface area (Å²) in [6.45, 7) is 7.59. The summed E-state index contributed by atoms with van der Waals surface area (Å²) in [5, 5.41) is 3.01. The van der Waals surface area contributed by atoms with Gasteiger partial charge in [0.15, 0.2) is 0 Å². The van der Waals surface area contributed by atoms with Crippen LogP contribution in [-0.4, -0.2) is 12.5 Å². The van der Waals surface area contributed by atoms with Gasteiger partial charge in [-0.2, -0.15) is 0 Å². The molecule has 1 aliphatic carbocycles. The fourth-order valence-corrected chi connectivity index (χ4v) is 2.40. The zero-order valence-electron chi connectivity index (χ0n) is 8.81. The lowest BCUT2D eigenvalue weighted by Crippen LogP contribution is -2.25. The first-order chi connectivity index (χ1) is 5.93. The summed E-state index contributed by atoms with van der Waals surface area (Å²) >= 11 is 0. The number of hydrogen-bond donors (Lipinski definition) is 1. The first kappa shape index (κ1) is 9.04. The predicted molar refractivity (Wildman–Crippen MR) is 52.2 cm³/mol. The quantitative estimate of drug-likeness (QED) is 0.658. The molecule has 1 amide bonds. The molecule has 0 aromatic heterocycles. The van der Waals surface area contributed by atoms with E-state index in [0.717, 1.165) is 13.0 Å². The van der Waals surface area contributed by atoms with Gasteiger partial charge in [-0.05, 0) is 30.1 Å². The van der Waals surface area contributed by atoms with Gasteiger partial charge >= 0.3 is 0 Å². The van der Waals surface area contributed by atoms with E-state index in [9.17, 15) is 4.79 Å². The normalized spacial score (nSPS) is 30.7. The van der Waals surface area contributed by atoms with E-state index < -0.39 is 0 Å². The van der Waals surface area contributed by atoms with E-state index >= 15 is 0 Å². The van der Waals surface area contributed by atoms with Crippen molar-refractivity contribution in [3.8, 4) is 0 Å². The van der Waals surface area contributed by atoms with Crippen molar-refractivity contribution in [2.24, 2.45) is 16.7 Å². The maximum atomic E-state index is 11.6. The standard InChI is InChI=1S/C11H19NO/c1-10(2,3)6-8-9(13)12-7-11(8)4-5-11/h8H,4-7H2,1-3H3,(H,12,13). The number of carbonyl (C=O) groups excluding carboxylic acids is 1. The van der Waals surface area contributed by atoms with Crippen molar-refractivity contribution in [3.63, 3.8) is 0 Å². The molecule has 1 N–H and O–H groups in total. The SMILES string of the molecule is CC(C)(C)CC1C(=O)NCC12CC2. The molecule has 2 heteroatoms. The molecule has 74 valence electrons. The molecule has 1 atom stereocenters. The van der Waals surface area contributed by atoms with Gasteiger partial charge in [0, 0.05) is 12.5 Å². The Bertz CT molecular complexity index is 235. The van der Waals surface area contributed by atoms with Gasteiger partial charge in [-0.15, -0.1) is 0 Å². The number of carbonyl (C=O) groups is 1. The average molecular weight is 181 g/mol. The molecule has 1 spiro atoms. The highest BCUT2D eigenvalue weighted by Crippen LogP contribution is 2.56. The lowest BCUT2D eigenvalue weighted by atomic mass is 9.78. The molecule has 0 aromatic carbocycles. The lowest BCUT2D eigenvalue weighted by Gasteiger charge is -2.24. The second kappa shape index (κ2) is 2.49. The van der Waals surface area contributed by atoms with E-state index in [1.54, 1.807) is 0 Å². The molecule has 1 saturated carbocycles.